The number of nitrogens with two attached hydrogens (primary N) is 1. The fourth-order valence-electron chi connectivity index (χ4n) is 1.87. The highest BCUT2D eigenvalue weighted by Gasteiger charge is 2.17. The van der Waals surface area contributed by atoms with Crippen LogP contribution in [0.15, 0.2) is 0 Å². The minimum Gasteiger partial charge on any atom is -0.376 e. The van der Waals surface area contributed by atoms with Crippen LogP contribution >= 0.6 is 0 Å². The van der Waals surface area contributed by atoms with E-state index in [2.05, 4.69) is 18.7 Å². The van der Waals surface area contributed by atoms with E-state index in [4.69, 9.17) is 10.5 Å². The summed E-state index contributed by atoms with van der Waals surface area (Å²) < 4.78 is 5.62. The van der Waals surface area contributed by atoms with Crippen LogP contribution in [-0.2, 0) is 4.74 Å². The van der Waals surface area contributed by atoms with E-state index in [-0.39, 0.29) is 0 Å². The van der Waals surface area contributed by atoms with Gasteiger partial charge >= 0.3 is 0 Å². The first kappa shape index (κ1) is 12.0. The van der Waals surface area contributed by atoms with Crippen LogP contribution in [0.5, 0.6) is 0 Å². The molecule has 0 aromatic heterocycles. The van der Waals surface area contributed by atoms with Gasteiger partial charge in [-0.1, -0.05) is 6.92 Å². The lowest BCUT2D eigenvalue weighted by atomic mass is 10.1. The molecule has 1 saturated heterocycles. The summed E-state index contributed by atoms with van der Waals surface area (Å²) >= 11 is 0. The third-order valence-electron chi connectivity index (χ3n) is 2.81. The molecule has 2 atom stereocenters. The van der Waals surface area contributed by atoms with Crippen molar-refractivity contribution in [1.29, 1.82) is 0 Å². The molecule has 1 rings (SSSR count). The van der Waals surface area contributed by atoms with Gasteiger partial charge in [0.1, 0.15) is 0 Å². The monoisotopic (exact) mass is 200 g/mol. The van der Waals surface area contributed by atoms with Gasteiger partial charge in [-0.25, -0.2) is 0 Å². The van der Waals surface area contributed by atoms with Crippen molar-refractivity contribution in [2.45, 2.75) is 45.3 Å². The van der Waals surface area contributed by atoms with E-state index in [1.165, 1.54) is 13.0 Å². The molecule has 14 heavy (non-hydrogen) atoms. The van der Waals surface area contributed by atoms with E-state index in [9.17, 15) is 0 Å². The van der Waals surface area contributed by atoms with Gasteiger partial charge < -0.3 is 10.5 Å². The van der Waals surface area contributed by atoms with Gasteiger partial charge in [0, 0.05) is 19.1 Å². The standard InChI is InChI=1S/C11H24N2O/c1-3-11-9-13(7-8-14-11)6-4-5-10(2)12/h10-11H,3-9,12H2,1-2H3. The summed E-state index contributed by atoms with van der Waals surface area (Å²) in [4.78, 5) is 2.50. The third kappa shape index (κ3) is 4.40. The zero-order valence-electron chi connectivity index (χ0n) is 9.54. The largest absolute Gasteiger partial charge is 0.376 e. The second-order valence-electron chi connectivity index (χ2n) is 4.32. The highest BCUT2D eigenvalue weighted by Crippen LogP contribution is 2.09. The van der Waals surface area contributed by atoms with Crippen molar-refractivity contribution in [2.75, 3.05) is 26.2 Å². The molecule has 84 valence electrons. The molecule has 1 aliphatic rings. The summed E-state index contributed by atoms with van der Waals surface area (Å²) in [5, 5.41) is 0. The molecule has 0 aromatic rings. The summed E-state index contributed by atoms with van der Waals surface area (Å²) in [7, 11) is 0. The van der Waals surface area contributed by atoms with Gasteiger partial charge in [0.15, 0.2) is 0 Å². The Morgan fingerprint density at radius 3 is 3.00 bits per heavy atom. The van der Waals surface area contributed by atoms with Crippen LogP contribution in [0.25, 0.3) is 0 Å². The van der Waals surface area contributed by atoms with Gasteiger partial charge in [0.25, 0.3) is 0 Å². The molecule has 1 aliphatic heterocycles. The number of hydrogen-bond acceptors (Lipinski definition) is 3. The Kier molecular flexibility index (Phi) is 5.45. The van der Waals surface area contributed by atoms with Gasteiger partial charge in [-0.05, 0) is 32.7 Å². The SMILES string of the molecule is CCC1CN(CCCC(C)N)CCO1. The lowest BCUT2D eigenvalue weighted by Gasteiger charge is -2.32. The summed E-state index contributed by atoms with van der Waals surface area (Å²) in [6.07, 6.45) is 3.94. The van der Waals surface area contributed by atoms with E-state index in [1.54, 1.807) is 0 Å². The van der Waals surface area contributed by atoms with E-state index >= 15 is 0 Å². The van der Waals surface area contributed by atoms with Gasteiger partial charge in [0.2, 0.25) is 0 Å². The van der Waals surface area contributed by atoms with Gasteiger partial charge in [-0.2, -0.15) is 0 Å². The average molecular weight is 200 g/mol. The normalized spacial score (nSPS) is 26.4. The number of morpholine rings is 1. The zero-order chi connectivity index (χ0) is 10.4. The first-order valence-electron chi connectivity index (χ1n) is 5.82. The lowest BCUT2D eigenvalue weighted by Crippen LogP contribution is -2.42. The van der Waals surface area contributed by atoms with Crippen molar-refractivity contribution < 1.29 is 4.74 Å². The van der Waals surface area contributed by atoms with Crippen molar-refractivity contribution in [1.82, 2.24) is 4.90 Å². The second kappa shape index (κ2) is 6.38. The molecule has 1 fully saturated rings. The molecule has 0 radical (unpaired) electrons. The fourth-order valence-corrected chi connectivity index (χ4v) is 1.87. The molecule has 0 aromatic carbocycles. The van der Waals surface area contributed by atoms with E-state index in [1.807, 2.05) is 0 Å². The number of rotatable bonds is 5. The van der Waals surface area contributed by atoms with Crippen molar-refractivity contribution >= 4 is 0 Å². The highest BCUT2D eigenvalue weighted by molar-refractivity contribution is 4.70. The minimum absolute atomic E-state index is 0.345. The Morgan fingerprint density at radius 1 is 1.57 bits per heavy atom. The summed E-state index contributed by atoms with van der Waals surface area (Å²) in [6.45, 7) is 8.55. The molecule has 2 N–H and O–H groups in total. The van der Waals surface area contributed by atoms with E-state index < -0.39 is 0 Å². The third-order valence-corrected chi connectivity index (χ3v) is 2.81. The van der Waals surface area contributed by atoms with Crippen LogP contribution in [0.3, 0.4) is 0 Å². The van der Waals surface area contributed by atoms with Crippen molar-refractivity contribution in [3.63, 3.8) is 0 Å². The molecular weight excluding hydrogens is 176 g/mol. The topological polar surface area (TPSA) is 38.5 Å². The Morgan fingerprint density at radius 2 is 2.36 bits per heavy atom. The maximum atomic E-state index is 5.72. The van der Waals surface area contributed by atoms with Crippen LogP contribution in [-0.4, -0.2) is 43.3 Å². The molecule has 2 unspecified atom stereocenters. The van der Waals surface area contributed by atoms with Crippen molar-refractivity contribution in [2.24, 2.45) is 5.73 Å². The molecule has 0 spiro atoms. The number of hydrogen-bond donors (Lipinski definition) is 1. The predicted octanol–water partition coefficient (Wildman–Crippen LogP) is 1.22. The van der Waals surface area contributed by atoms with Gasteiger partial charge in [-0.15, -0.1) is 0 Å². The highest BCUT2D eigenvalue weighted by atomic mass is 16.5. The fraction of sp³-hybridized carbons (Fsp3) is 1.00. The molecule has 0 bridgehead atoms. The van der Waals surface area contributed by atoms with Crippen LogP contribution in [0.1, 0.15) is 33.1 Å². The van der Waals surface area contributed by atoms with E-state index in [0.717, 1.165) is 32.5 Å². The zero-order valence-corrected chi connectivity index (χ0v) is 9.54. The smallest absolute Gasteiger partial charge is 0.0700 e. The minimum atomic E-state index is 0.345. The Hall–Kier alpha value is -0.120. The van der Waals surface area contributed by atoms with Crippen molar-refractivity contribution in [3.05, 3.63) is 0 Å². The van der Waals surface area contributed by atoms with Crippen LogP contribution in [0, 0.1) is 0 Å². The molecule has 0 saturated carbocycles. The molecule has 0 amide bonds. The van der Waals surface area contributed by atoms with Crippen LogP contribution < -0.4 is 5.73 Å². The summed E-state index contributed by atoms with van der Waals surface area (Å²) in [5.41, 5.74) is 5.72. The first-order chi connectivity index (χ1) is 6.72. The summed E-state index contributed by atoms with van der Waals surface area (Å²) in [5.74, 6) is 0. The average Bonchev–Trinajstić information content (AvgIpc) is 2.18. The first-order valence-corrected chi connectivity index (χ1v) is 5.82. The quantitative estimate of drug-likeness (QED) is 0.725. The van der Waals surface area contributed by atoms with Gasteiger partial charge in [0.05, 0.1) is 12.7 Å². The summed E-state index contributed by atoms with van der Waals surface area (Å²) in [6, 6.07) is 0.345. The predicted molar refractivity (Wildman–Crippen MR) is 59.4 cm³/mol. The Bertz CT molecular complexity index is 150. The maximum Gasteiger partial charge on any atom is 0.0700 e. The van der Waals surface area contributed by atoms with Crippen LogP contribution in [0.4, 0.5) is 0 Å². The van der Waals surface area contributed by atoms with Gasteiger partial charge in [-0.3, -0.25) is 4.90 Å². The number of nitrogens with zero attached hydrogens (tertiary/aromatic N) is 1. The molecule has 1 heterocycles. The van der Waals surface area contributed by atoms with E-state index in [0.29, 0.717) is 12.1 Å². The van der Waals surface area contributed by atoms with Crippen LogP contribution in [0.2, 0.25) is 0 Å². The molecule has 0 aliphatic carbocycles. The van der Waals surface area contributed by atoms with Crippen molar-refractivity contribution in [3.8, 4) is 0 Å². The number of ether oxygens (including phenoxy) is 1. The molecule has 3 nitrogen and oxygen atoms in total. The second-order valence-corrected chi connectivity index (χ2v) is 4.32. The maximum absolute atomic E-state index is 5.72. The molecular formula is C11H24N2O. The Labute approximate surface area is 87.6 Å². The Balaban J connectivity index is 2.11. The molecule has 3 heteroatoms. The lowest BCUT2D eigenvalue weighted by molar-refractivity contribution is -0.0300.